The van der Waals surface area contributed by atoms with E-state index in [2.05, 4.69) is 31.5 Å². The van der Waals surface area contributed by atoms with Crippen LogP contribution < -0.4 is 10.6 Å². The van der Waals surface area contributed by atoms with Crippen molar-refractivity contribution in [2.45, 2.75) is 18.9 Å². The first-order valence-electron chi connectivity index (χ1n) is 7.59. The number of benzene rings is 1. The van der Waals surface area contributed by atoms with Gasteiger partial charge in [0.25, 0.3) is 5.91 Å². The Morgan fingerprint density at radius 2 is 2.17 bits per heavy atom. The molecule has 1 saturated heterocycles. The normalized spacial score (nSPS) is 17.0. The van der Waals surface area contributed by atoms with E-state index in [1.54, 1.807) is 12.3 Å². The zero-order valence-corrected chi connectivity index (χ0v) is 14.2. The van der Waals surface area contributed by atoms with Crippen molar-refractivity contribution in [3.05, 3.63) is 52.8 Å². The Morgan fingerprint density at radius 1 is 1.30 bits per heavy atom. The number of nitrogens with zero attached hydrogens (tertiary/aromatic N) is 1. The molecule has 1 aliphatic rings. The lowest BCUT2D eigenvalue weighted by Crippen LogP contribution is -2.32. The highest BCUT2D eigenvalue weighted by Crippen LogP contribution is 2.20. The van der Waals surface area contributed by atoms with Gasteiger partial charge in [-0.25, -0.2) is 0 Å². The molecule has 0 saturated carbocycles. The van der Waals surface area contributed by atoms with E-state index >= 15 is 0 Å². The fourth-order valence-electron chi connectivity index (χ4n) is 2.47. The average Bonchev–Trinajstić information content (AvgIpc) is 3.06. The molecule has 1 unspecified atom stereocenters. The number of rotatable bonds is 5. The van der Waals surface area contributed by atoms with Crippen LogP contribution in [0.25, 0.3) is 0 Å². The van der Waals surface area contributed by atoms with Gasteiger partial charge in [0.15, 0.2) is 0 Å². The number of aromatic nitrogens is 1. The van der Waals surface area contributed by atoms with Crippen LogP contribution in [0.5, 0.6) is 0 Å². The van der Waals surface area contributed by atoms with Gasteiger partial charge in [0, 0.05) is 35.2 Å². The molecular formula is C17H18BrN3O2. The summed E-state index contributed by atoms with van der Waals surface area (Å²) >= 11 is 3.44. The summed E-state index contributed by atoms with van der Waals surface area (Å²) < 4.78 is 6.49. The van der Waals surface area contributed by atoms with Gasteiger partial charge in [0.2, 0.25) is 0 Å². The van der Waals surface area contributed by atoms with Crippen molar-refractivity contribution in [3.8, 4) is 0 Å². The van der Waals surface area contributed by atoms with Crippen molar-refractivity contribution in [1.82, 2.24) is 10.3 Å². The van der Waals surface area contributed by atoms with E-state index in [0.717, 1.165) is 35.3 Å². The minimum absolute atomic E-state index is 0.127. The molecule has 23 heavy (non-hydrogen) atoms. The number of ether oxygens (including phenoxy) is 1. The molecule has 0 bridgehead atoms. The first-order valence-corrected chi connectivity index (χ1v) is 8.38. The van der Waals surface area contributed by atoms with Gasteiger partial charge >= 0.3 is 0 Å². The second-order valence-corrected chi connectivity index (χ2v) is 6.33. The molecule has 2 aromatic rings. The number of carbonyl (C=O) groups is 1. The molecule has 1 aromatic carbocycles. The van der Waals surface area contributed by atoms with Crippen molar-refractivity contribution < 1.29 is 9.53 Å². The van der Waals surface area contributed by atoms with Crippen LogP contribution >= 0.6 is 15.9 Å². The summed E-state index contributed by atoms with van der Waals surface area (Å²) in [4.78, 5) is 16.3. The van der Waals surface area contributed by atoms with Crippen molar-refractivity contribution >= 4 is 33.2 Å². The number of anilines is 2. The van der Waals surface area contributed by atoms with Crippen LogP contribution in [0.1, 0.15) is 23.3 Å². The monoisotopic (exact) mass is 375 g/mol. The molecule has 0 radical (unpaired) electrons. The summed E-state index contributed by atoms with van der Waals surface area (Å²) in [5.41, 5.74) is 2.15. The van der Waals surface area contributed by atoms with E-state index in [0.29, 0.717) is 12.2 Å². The minimum atomic E-state index is -0.182. The lowest BCUT2D eigenvalue weighted by molar-refractivity contribution is 0.0854. The van der Waals surface area contributed by atoms with Crippen LogP contribution in [0.3, 0.4) is 0 Å². The number of hydrogen-bond donors (Lipinski definition) is 2. The second-order valence-electron chi connectivity index (χ2n) is 5.41. The Morgan fingerprint density at radius 3 is 2.96 bits per heavy atom. The maximum atomic E-state index is 12.2. The van der Waals surface area contributed by atoms with Gasteiger partial charge in [-0.3, -0.25) is 9.78 Å². The van der Waals surface area contributed by atoms with Crippen molar-refractivity contribution in [3.63, 3.8) is 0 Å². The summed E-state index contributed by atoms with van der Waals surface area (Å²) in [7, 11) is 0. The first kappa shape index (κ1) is 16.0. The summed E-state index contributed by atoms with van der Waals surface area (Å²) in [5, 5.41) is 6.14. The largest absolute Gasteiger partial charge is 0.376 e. The lowest BCUT2D eigenvalue weighted by Gasteiger charge is -2.11. The van der Waals surface area contributed by atoms with Crippen molar-refractivity contribution in [2.75, 3.05) is 18.5 Å². The van der Waals surface area contributed by atoms with E-state index in [4.69, 9.17) is 4.74 Å². The SMILES string of the molecule is O=C(NCC1CCCO1)c1cc(Nc2cccc(Br)c2)ccn1. The van der Waals surface area contributed by atoms with E-state index in [1.807, 2.05) is 30.3 Å². The highest BCUT2D eigenvalue weighted by molar-refractivity contribution is 9.10. The van der Waals surface area contributed by atoms with Crippen molar-refractivity contribution in [2.24, 2.45) is 0 Å². The van der Waals surface area contributed by atoms with Gasteiger partial charge in [-0.1, -0.05) is 22.0 Å². The molecule has 2 heterocycles. The zero-order valence-electron chi connectivity index (χ0n) is 12.6. The van der Waals surface area contributed by atoms with Crippen LogP contribution in [-0.4, -0.2) is 30.1 Å². The highest BCUT2D eigenvalue weighted by Gasteiger charge is 2.17. The fourth-order valence-corrected chi connectivity index (χ4v) is 2.87. The quantitative estimate of drug-likeness (QED) is 0.839. The third-order valence-corrected chi connectivity index (χ3v) is 4.11. The molecule has 1 fully saturated rings. The Bertz CT molecular complexity index is 687. The third-order valence-electron chi connectivity index (χ3n) is 3.62. The Kier molecular flexibility index (Phi) is 5.25. The average molecular weight is 376 g/mol. The zero-order chi connectivity index (χ0) is 16.1. The summed E-state index contributed by atoms with van der Waals surface area (Å²) in [6.45, 7) is 1.31. The van der Waals surface area contributed by atoms with Gasteiger partial charge in [0.1, 0.15) is 5.69 Å². The van der Waals surface area contributed by atoms with Gasteiger partial charge in [-0.05, 0) is 43.2 Å². The van der Waals surface area contributed by atoms with Crippen LogP contribution in [0, 0.1) is 0 Å². The predicted molar refractivity (Wildman–Crippen MR) is 93.0 cm³/mol. The third kappa shape index (κ3) is 4.53. The molecule has 3 rings (SSSR count). The van der Waals surface area contributed by atoms with Crippen LogP contribution in [0.4, 0.5) is 11.4 Å². The maximum absolute atomic E-state index is 12.2. The lowest BCUT2D eigenvalue weighted by atomic mass is 10.2. The van der Waals surface area contributed by atoms with Crippen molar-refractivity contribution in [1.29, 1.82) is 0 Å². The molecule has 0 spiro atoms. The second kappa shape index (κ2) is 7.57. The molecule has 6 heteroatoms. The topological polar surface area (TPSA) is 63.2 Å². The Balaban J connectivity index is 1.63. The van der Waals surface area contributed by atoms with E-state index in [1.165, 1.54) is 0 Å². The van der Waals surface area contributed by atoms with E-state index < -0.39 is 0 Å². The molecule has 5 nitrogen and oxygen atoms in total. The highest BCUT2D eigenvalue weighted by atomic mass is 79.9. The number of pyridine rings is 1. The van der Waals surface area contributed by atoms with Gasteiger partial charge in [0.05, 0.1) is 6.10 Å². The molecule has 1 aromatic heterocycles. The summed E-state index contributed by atoms with van der Waals surface area (Å²) in [6.07, 6.45) is 3.81. The fraction of sp³-hybridized carbons (Fsp3) is 0.294. The van der Waals surface area contributed by atoms with Gasteiger partial charge < -0.3 is 15.4 Å². The molecule has 0 aliphatic carbocycles. The number of nitrogens with one attached hydrogen (secondary N) is 2. The molecule has 1 aliphatic heterocycles. The molecule has 2 N–H and O–H groups in total. The summed E-state index contributed by atoms with van der Waals surface area (Å²) in [6, 6.07) is 11.4. The van der Waals surface area contributed by atoms with Crippen LogP contribution in [0.15, 0.2) is 47.1 Å². The summed E-state index contributed by atoms with van der Waals surface area (Å²) in [5.74, 6) is -0.182. The maximum Gasteiger partial charge on any atom is 0.270 e. The number of amides is 1. The standard InChI is InChI=1S/C17H18BrN3O2/c18-12-3-1-4-13(9-12)21-14-6-7-19-16(10-14)17(22)20-11-15-5-2-8-23-15/h1,3-4,6-7,9-10,15H,2,5,8,11H2,(H,19,21)(H,20,22). The molecule has 1 amide bonds. The Labute approximate surface area is 143 Å². The minimum Gasteiger partial charge on any atom is -0.376 e. The number of halogens is 1. The molecular weight excluding hydrogens is 358 g/mol. The number of carbonyl (C=O) groups excluding carboxylic acids is 1. The van der Waals surface area contributed by atoms with Crippen LogP contribution in [0.2, 0.25) is 0 Å². The predicted octanol–water partition coefficient (Wildman–Crippen LogP) is 3.50. The number of hydrogen-bond acceptors (Lipinski definition) is 4. The van der Waals surface area contributed by atoms with Gasteiger partial charge in [-0.15, -0.1) is 0 Å². The van der Waals surface area contributed by atoms with E-state index in [9.17, 15) is 4.79 Å². The Hall–Kier alpha value is -1.92. The first-order chi connectivity index (χ1) is 11.2. The van der Waals surface area contributed by atoms with Gasteiger partial charge in [-0.2, -0.15) is 0 Å². The van der Waals surface area contributed by atoms with Crippen LogP contribution in [-0.2, 0) is 4.74 Å². The van der Waals surface area contributed by atoms with E-state index in [-0.39, 0.29) is 12.0 Å². The smallest absolute Gasteiger partial charge is 0.270 e. The molecule has 1 atom stereocenters. The molecule has 120 valence electrons.